The van der Waals surface area contributed by atoms with Gasteiger partial charge in [0.15, 0.2) is 23.4 Å². The van der Waals surface area contributed by atoms with E-state index in [0.717, 1.165) is 34.6 Å². The number of hydrogen-bond acceptors (Lipinski definition) is 8. The average molecular weight is 543 g/mol. The van der Waals surface area contributed by atoms with Gasteiger partial charge in [0.05, 0.1) is 6.61 Å². The molecule has 1 aliphatic heterocycles. The Bertz CT molecular complexity index is 1370. The number of fused-ring (bicyclic) bond motifs is 3. The van der Waals surface area contributed by atoms with E-state index >= 15 is 0 Å². The van der Waals surface area contributed by atoms with E-state index in [0.29, 0.717) is 41.4 Å². The van der Waals surface area contributed by atoms with Crippen molar-refractivity contribution in [3.8, 4) is 28.6 Å². The molecule has 1 unspecified atom stereocenters. The molecule has 5 rings (SSSR count). The van der Waals surface area contributed by atoms with Gasteiger partial charge in [-0.3, -0.25) is 0 Å². The van der Waals surface area contributed by atoms with Crippen LogP contribution in [0.2, 0.25) is 0 Å². The Morgan fingerprint density at radius 1 is 0.872 bits per heavy atom. The fourth-order valence-electron chi connectivity index (χ4n) is 4.36. The van der Waals surface area contributed by atoms with E-state index in [4.69, 9.17) is 19.2 Å². The van der Waals surface area contributed by atoms with Crippen LogP contribution in [0.25, 0.3) is 11.3 Å². The van der Waals surface area contributed by atoms with Crippen molar-refractivity contribution in [2.75, 3.05) is 17.7 Å². The van der Waals surface area contributed by atoms with E-state index in [1.807, 2.05) is 79.7 Å². The standard InChI is InChI=1S/C31H34N4O3S/c1-3-5-6-12-19-39-31-33-30-28(34-35-31)24-15-10-11-16-25(24)32-29(38-30)23-17-18-26(27(20-23)36-4-2)37-21-22-13-8-7-9-14-22/h7-11,13-18,20,29,32H,3-6,12,19,21H2,1-2H3. The third-order valence-electron chi connectivity index (χ3n) is 6.37. The van der Waals surface area contributed by atoms with Gasteiger partial charge in [-0.05, 0) is 43.2 Å². The van der Waals surface area contributed by atoms with Gasteiger partial charge >= 0.3 is 0 Å². The summed E-state index contributed by atoms with van der Waals surface area (Å²) in [5.74, 6) is 2.77. The van der Waals surface area contributed by atoms with Gasteiger partial charge in [0.2, 0.25) is 11.0 Å². The van der Waals surface area contributed by atoms with Gasteiger partial charge in [-0.2, -0.15) is 4.98 Å². The van der Waals surface area contributed by atoms with Crippen LogP contribution in [0, 0.1) is 0 Å². The highest BCUT2D eigenvalue weighted by Gasteiger charge is 2.27. The fraction of sp³-hybridized carbons (Fsp3) is 0.323. The van der Waals surface area contributed by atoms with Crippen LogP contribution in [0.3, 0.4) is 0 Å². The summed E-state index contributed by atoms with van der Waals surface area (Å²) < 4.78 is 18.6. The molecule has 1 aromatic heterocycles. The van der Waals surface area contributed by atoms with Crippen LogP contribution in [0.4, 0.5) is 5.69 Å². The predicted octanol–water partition coefficient (Wildman–Crippen LogP) is 7.69. The topological polar surface area (TPSA) is 78.4 Å². The van der Waals surface area contributed by atoms with Crippen molar-refractivity contribution in [3.05, 3.63) is 83.9 Å². The van der Waals surface area contributed by atoms with Crippen LogP contribution in [-0.4, -0.2) is 27.5 Å². The van der Waals surface area contributed by atoms with Gasteiger partial charge in [0.25, 0.3) is 0 Å². The van der Waals surface area contributed by atoms with Gasteiger partial charge in [0, 0.05) is 22.6 Å². The predicted molar refractivity (Wildman–Crippen MR) is 156 cm³/mol. The fourth-order valence-corrected chi connectivity index (χ4v) is 5.14. The zero-order valence-electron chi connectivity index (χ0n) is 22.4. The smallest absolute Gasteiger partial charge is 0.247 e. The molecule has 4 aromatic rings. The summed E-state index contributed by atoms with van der Waals surface area (Å²) in [6.45, 7) is 5.16. The normalized spacial score (nSPS) is 13.8. The lowest BCUT2D eigenvalue weighted by atomic mass is 10.1. The van der Waals surface area contributed by atoms with Crippen LogP contribution >= 0.6 is 11.8 Å². The SMILES string of the molecule is CCCCCCSc1nnc2c(n1)OC(c1ccc(OCc3ccccc3)c(OCC)c1)Nc1ccccc1-2. The summed E-state index contributed by atoms with van der Waals surface area (Å²) in [7, 11) is 0. The van der Waals surface area contributed by atoms with Crippen molar-refractivity contribution >= 4 is 17.4 Å². The first-order valence-corrected chi connectivity index (χ1v) is 14.6. The molecule has 1 N–H and O–H groups in total. The van der Waals surface area contributed by atoms with E-state index in [1.165, 1.54) is 19.3 Å². The molecule has 0 spiro atoms. The van der Waals surface area contributed by atoms with E-state index in [-0.39, 0.29) is 0 Å². The second-order valence-corrected chi connectivity index (χ2v) is 10.3. The minimum Gasteiger partial charge on any atom is -0.490 e. The Morgan fingerprint density at radius 3 is 2.56 bits per heavy atom. The summed E-state index contributed by atoms with van der Waals surface area (Å²) in [5, 5.41) is 13.1. The largest absolute Gasteiger partial charge is 0.490 e. The maximum absolute atomic E-state index is 6.48. The lowest BCUT2D eigenvalue weighted by Crippen LogP contribution is -2.17. The Morgan fingerprint density at radius 2 is 1.72 bits per heavy atom. The number of anilines is 1. The number of para-hydroxylation sites is 1. The first kappa shape index (κ1) is 26.8. The Balaban J connectivity index is 1.40. The molecule has 1 atom stereocenters. The number of nitrogens with one attached hydrogen (secondary N) is 1. The number of nitrogens with zero attached hydrogens (tertiary/aromatic N) is 3. The molecule has 2 heterocycles. The Kier molecular flexibility index (Phi) is 9.17. The van der Waals surface area contributed by atoms with Crippen molar-refractivity contribution in [1.29, 1.82) is 0 Å². The third-order valence-corrected chi connectivity index (χ3v) is 7.29. The zero-order chi connectivity index (χ0) is 26.9. The number of ether oxygens (including phenoxy) is 3. The minimum absolute atomic E-state index is 0.459. The van der Waals surface area contributed by atoms with Crippen molar-refractivity contribution in [2.24, 2.45) is 0 Å². The Hall–Kier alpha value is -3.78. The van der Waals surface area contributed by atoms with Gasteiger partial charge in [-0.1, -0.05) is 86.5 Å². The van der Waals surface area contributed by atoms with Gasteiger partial charge in [0.1, 0.15) is 6.61 Å². The minimum atomic E-state index is -0.506. The molecule has 7 nitrogen and oxygen atoms in total. The molecule has 0 bridgehead atoms. The maximum atomic E-state index is 6.48. The number of benzene rings is 3. The number of aromatic nitrogens is 3. The van der Waals surface area contributed by atoms with Gasteiger partial charge in [-0.15, -0.1) is 10.2 Å². The molecule has 202 valence electrons. The van der Waals surface area contributed by atoms with Crippen LogP contribution in [0.1, 0.15) is 56.9 Å². The summed E-state index contributed by atoms with van der Waals surface area (Å²) in [5.41, 5.74) is 4.42. The summed E-state index contributed by atoms with van der Waals surface area (Å²) in [4.78, 5) is 4.78. The number of hydrogen-bond donors (Lipinski definition) is 1. The van der Waals surface area contributed by atoms with Crippen molar-refractivity contribution < 1.29 is 14.2 Å². The van der Waals surface area contributed by atoms with Crippen LogP contribution in [-0.2, 0) is 6.61 Å². The molecule has 0 amide bonds. The lowest BCUT2D eigenvalue weighted by molar-refractivity contribution is 0.223. The zero-order valence-corrected chi connectivity index (χ0v) is 23.2. The monoisotopic (exact) mass is 542 g/mol. The maximum Gasteiger partial charge on any atom is 0.247 e. The van der Waals surface area contributed by atoms with Crippen molar-refractivity contribution in [1.82, 2.24) is 15.2 Å². The summed E-state index contributed by atoms with van der Waals surface area (Å²) in [6.07, 6.45) is 4.30. The summed E-state index contributed by atoms with van der Waals surface area (Å²) in [6, 6.07) is 24.0. The molecule has 8 heteroatoms. The molecule has 3 aromatic carbocycles. The van der Waals surface area contributed by atoms with Crippen molar-refractivity contribution in [3.63, 3.8) is 0 Å². The van der Waals surface area contributed by atoms with Crippen molar-refractivity contribution in [2.45, 2.75) is 57.5 Å². The molecule has 39 heavy (non-hydrogen) atoms. The number of thioether (sulfide) groups is 1. The van der Waals surface area contributed by atoms with Crippen LogP contribution < -0.4 is 19.5 Å². The quantitative estimate of drug-likeness (QED) is 0.144. The highest BCUT2D eigenvalue weighted by molar-refractivity contribution is 7.99. The number of rotatable bonds is 12. The van der Waals surface area contributed by atoms with Gasteiger partial charge in [-0.25, -0.2) is 0 Å². The number of unbranched alkanes of at least 4 members (excludes halogenated alkanes) is 3. The highest BCUT2D eigenvalue weighted by atomic mass is 32.2. The molecule has 1 aliphatic rings. The van der Waals surface area contributed by atoms with E-state index < -0.39 is 6.23 Å². The molecule has 0 saturated heterocycles. The summed E-state index contributed by atoms with van der Waals surface area (Å²) >= 11 is 1.62. The van der Waals surface area contributed by atoms with E-state index in [1.54, 1.807) is 11.8 Å². The molecule has 0 aliphatic carbocycles. The van der Waals surface area contributed by atoms with E-state index in [2.05, 4.69) is 22.4 Å². The lowest BCUT2D eigenvalue weighted by Gasteiger charge is -2.21. The highest BCUT2D eigenvalue weighted by Crippen LogP contribution is 2.41. The second kappa shape index (κ2) is 13.3. The second-order valence-electron chi connectivity index (χ2n) is 9.26. The molecule has 0 radical (unpaired) electrons. The first-order valence-electron chi connectivity index (χ1n) is 13.6. The third kappa shape index (κ3) is 6.81. The van der Waals surface area contributed by atoms with Crippen LogP contribution in [0.5, 0.6) is 17.4 Å². The van der Waals surface area contributed by atoms with E-state index in [9.17, 15) is 0 Å². The molecular weight excluding hydrogens is 508 g/mol. The first-order chi connectivity index (χ1) is 19.2. The van der Waals surface area contributed by atoms with Gasteiger partial charge < -0.3 is 19.5 Å². The molecular formula is C31H34N4O3S. The van der Waals surface area contributed by atoms with Crippen LogP contribution in [0.15, 0.2) is 78.0 Å². The molecule has 0 fully saturated rings. The average Bonchev–Trinajstić information content (AvgIpc) is 3.14. The molecule has 0 saturated carbocycles. The Labute approximate surface area is 234 Å².